The largest absolute Gasteiger partial charge is 0.497 e. The fraction of sp³-hybridized carbons (Fsp3) is 0.154. The van der Waals surface area contributed by atoms with Crippen LogP contribution in [0.5, 0.6) is 5.75 Å². The van der Waals surface area contributed by atoms with Crippen LogP contribution in [0.25, 0.3) is 22.1 Å². The molecule has 5 nitrogen and oxygen atoms in total. The molecule has 2 aromatic heterocycles. The molecule has 3 rings (SSSR count). The molecule has 1 aromatic carbocycles. The highest BCUT2D eigenvalue weighted by atomic mass is 32.1. The zero-order valence-corrected chi connectivity index (χ0v) is 12.6. The van der Waals surface area contributed by atoms with Gasteiger partial charge in [-0.25, -0.2) is 4.98 Å². The molecule has 0 amide bonds. The Morgan fingerprint density at radius 3 is 2.95 bits per heavy atom. The van der Waals surface area contributed by atoms with Gasteiger partial charge in [0, 0.05) is 18.0 Å². The molecule has 3 aromatic rings. The topological polar surface area (TPSA) is 55.7 Å². The third-order valence-corrected chi connectivity index (χ3v) is 4.19. The Bertz CT molecular complexity index is 803. The van der Waals surface area contributed by atoms with Crippen LogP contribution in [0.4, 0.5) is 0 Å². The first-order valence-corrected chi connectivity index (χ1v) is 7.19. The second-order valence-electron chi connectivity index (χ2n) is 4.18. The minimum Gasteiger partial charge on any atom is -0.497 e. The quantitative estimate of drug-likeness (QED) is 0.755. The second kappa shape index (κ2) is 5.18. The van der Waals surface area contributed by atoms with E-state index in [1.54, 1.807) is 23.0 Å². The number of nitrogens with one attached hydrogen (secondary N) is 1. The van der Waals surface area contributed by atoms with E-state index < -0.39 is 0 Å². The van der Waals surface area contributed by atoms with Gasteiger partial charge < -0.3 is 9.30 Å². The molecule has 0 saturated carbocycles. The maximum atomic E-state index is 5.23. The average molecular weight is 304 g/mol. The van der Waals surface area contributed by atoms with Crippen molar-refractivity contribution < 1.29 is 4.74 Å². The highest BCUT2D eigenvalue weighted by Crippen LogP contribution is 2.29. The fourth-order valence-electron chi connectivity index (χ4n) is 1.84. The van der Waals surface area contributed by atoms with E-state index in [2.05, 4.69) is 15.2 Å². The number of aromatic amines is 1. The van der Waals surface area contributed by atoms with Gasteiger partial charge in [0.2, 0.25) is 0 Å². The summed E-state index contributed by atoms with van der Waals surface area (Å²) in [5.74, 6) is 1.55. The van der Waals surface area contributed by atoms with Gasteiger partial charge in [-0.1, -0.05) is 12.1 Å². The van der Waals surface area contributed by atoms with E-state index in [0.717, 1.165) is 27.8 Å². The highest BCUT2D eigenvalue weighted by molar-refractivity contribution is 7.71. The summed E-state index contributed by atoms with van der Waals surface area (Å²) in [6.45, 7) is 0. The van der Waals surface area contributed by atoms with E-state index in [0.29, 0.717) is 4.77 Å². The summed E-state index contributed by atoms with van der Waals surface area (Å²) in [7, 11) is 3.52. The lowest BCUT2D eigenvalue weighted by Gasteiger charge is -2.01. The summed E-state index contributed by atoms with van der Waals surface area (Å²) in [5, 5.41) is 9.85. The van der Waals surface area contributed by atoms with Gasteiger partial charge in [-0.15, -0.1) is 11.3 Å². The minimum absolute atomic E-state index is 0.580. The normalized spacial score (nSPS) is 10.7. The summed E-state index contributed by atoms with van der Waals surface area (Å²) in [6, 6.07) is 7.83. The summed E-state index contributed by atoms with van der Waals surface area (Å²) in [6.07, 6.45) is 0. The van der Waals surface area contributed by atoms with E-state index in [-0.39, 0.29) is 0 Å². The number of benzene rings is 1. The molecule has 1 N–H and O–H groups in total. The van der Waals surface area contributed by atoms with Crippen molar-refractivity contribution >= 4 is 23.6 Å². The third-order valence-electron chi connectivity index (χ3n) is 2.93. The molecular formula is C13H12N4OS2. The average Bonchev–Trinajstić information content (AvgIpc) is 3.07. The van der Waals surface area contributed by atoms with Crippen LogP contribution in [-0.2, 0) is 7.05 Å². The van der Waals surface area contributed by atoms with Crippen molar-refractivity contribution in [3.63, 3.8) is 0 Å². The Kier molecular flexibility index (Phi) is 3.37. The van der Waals surface area contributed by atoms with Gasteiger partial charge in [0.15, 0.2) is 10.6 Å². The smallest absolute Gasteiger partial charge is 0.195 e. The van der Waals surface area contributed by atoms with Crippen LogP contribution in [0.3, 0.4) is 0 Å². The predicted molar refractivity (Wildman–Crippen MR) is 81.5 cm³/mol. The van der Waals surface area contributed by atoms with E-state index in [9.17, 15) is 0 Å². The first-order valence-electron chi connectivity index (χ1n) is 5.91. The summed E-state index contributed by atoms with van der Waals surface area (Å²) in [4.78, 5) is 4.61. The number of hydrogen-bond donors (Lipinski definition) is 1. The number of H-pyrrole nitrogens is 1. The molecule has 7 heteroatoms. The van der Waals surface area contributed by atoms with Crippen molar-refractivity contribution in [3.05, 3.63) is 34.4 Å². The van der Waals surface area contributed by atoms with Crippen LogP contribution < -0.4 is 4.74 Å². The van der Waals surface area contributed by atoms with Crippen molar-refractivity contribution in [2.24, 2.45) is 7.05 Å². The van der Waals surface area contributed by atoms with Crippen LogP contribution in [0, 0.1) is 4.77 Å². The lowest BCUT2D eigenvalue weighted by Crippen LogP contribution is -1.92. The van der Waals surface area contributed by atoms with Gasteiger partial charge in [-0.3, -0.25) is 5.10 Å². The van der Waals surface area contributed by atoms with Gasteiger partial charge >= 0.3 is 0 Å². The number of thiazole rings is 1. The van der Waals surface area contributed by atoms with Gasteiger partial charge in [-0.05, 0) is 24.4 Å². The number of aromatic nitrogens is 4. The Morgan fingerprint density at radius 1 is 1.40 bits per heavy atom. The molecule has 0 bridgehead atoms. The molecule has 102 valence electrons. The Morgan fingerprint density at radius 2 is 2.25 bits per heavy atom. The van der Waals surface area contributed by atoms with Crippen molar-refractivity contribution in [1.29, 1.82) is 0 Å². The van der Waals surface area contributed by atoms with Crippen LogP contribution >= 0.6 is 23.6 Å². The molecule has 0 aliphatic carbocycles. The minimum atomic E-state index is 0.580. The van der Waals surface area contributed by atoms with E-state index >= 15 is 0 Å². The molecule has 0 atom stereocenters. The lowest BCUT2D eigenvalue weighted by atomic mass is 10.2. The highest BCUT2D eigenvalue weighted by Gasteiger charge is 2.11. The molecule has 0 aliphatic rings. The van der Waals surface area contributed by atoms with Crippen molar-refractivity contribution in [3.8, 4) is 27.8 Å². The van der Waals surface area contributed by atoms with Crippen molar-refractivity contribution in [1.82, 2.24) is 19.7 Å². The van der Waals surface area contributed by atoms with Crippen LogP contribution in [0.15, 0.2) is 29.6 Å². The van der Waals surface area contributed by atoms with Gasteiger partial charge in [0.05, 0.1) is 7.11 Å². The number of nitrogens with zero attached hydrogens (tertiary/aromatic N) is 3. The summed E-state index contributed by atoms with van der Waals surface area (Å²) in [5.41, 5.74) is 1.83. The van der Waals surface area contributed by atoms with E-state index in [1.807, 2.05) is 36.7 Å². The SMILES string of the molecule is COc1cccc(-c2nc(-c3n[nH]c(=S)n3C)cs2)c1. The molecule has 2 heterocycles. The van der Waals surface area contributed by atoms with Crippen LogP contribution in [0.2, 0.25) is 0 Å². The molecule has 0 aliphatic heterocycles. The molecule has 0 saturated heterocycles. The number of methoxy groups -OCH3 is 1. The lowest BCUT2D eigenvalue weighted by molar-refractivity contribution is 0.415. The molecule has 20 heavy (non-hydrogen) atoms. The Labute approximate surface area is 124 Å². The standard InChI is InChI=1S/C13H12N4OS2/c1-17-11(15-16-13(17)19)10-7-20-12(14-10)8-4-3-5-9(6-8)18-2/h3-7H,1-2H3,(H,16,19). The van der Waals surface area contributed by atoms with E-state index in [1.165, 1.54) is 0 Å². The molecule has 0 fully saturated rings. The second-order valence-corrected chi connectivity index (χ2v) is 5.43. The van der Waals surface area contributed by atoms with E-state index in [4.69, 9.17) is 17.0 Å². The number of rotatable bonds is 3. The predicted octanol–water partition coefficient (Wildman–Crippen LogP) is 3.28. The zero-order chi connectivity index (χ0) is 14.1. The molecule has 0 unspecified atom stereocenters. The first kappa shape index (κ1) is 13.0. The summed E-state index contributed by atoms with van der Waals surface area (Å²) >= 11 is 6.68. The van der Waals surface area contributed by atoms with Gasteiger partial charge in [0.25, 0.3) is 0 Å². The number of ether oxygens (including phenoxy) is 1. The fourth-order valence-corrected chi connectivity index (χ4v) is 2.77. The monoisotopic (exact) mass is 304 g/mol. The number of hydrogen-bond acceptors (Lipinski definition) is 5. The third kappa shape index (κ3) is 2.25. The Balaban J connectivity index is 2.01. The first-order chi connectivity index (χ1) is 9.69. The van der Waals surface area contributed by atoms with Crippen LogP contribution in [0.1, 0.15) is 0 Å². The molecule has 0 spiro atoms. The zero-order valence-electron chi connectivity index (χ0n) is 11.0. The molecular weight excluding hydrogens is 292 g/mol. The van der Waals surface area contributed by atoms with Crippen LogP contribution in [-0.4, -0.2) is 26.9 Å². The van der Waals surface area contributed by atoms with Gasteiger partial charge in [0.1, 0.15) is 16.5 Å². The van der Waals surface area contributed by atoms with Crippen molar-refractivity contribution in [2.45, 2.75) is 0 Å². The maximum Gasteiger partial charge on any atom is 0.195 e. The summed E-state index contributed by atoms with van der Waals surface area (Å²) < 4.78 is 7.62. The Hall–Kier alpha value is -1.99. The van der Waals surface area contributed by atoms with Crippen molar-refractivity contribution in [2.75, 3.05) is 7.11 Å². The maximum absolute atomic E-state index is 5.23. The molecule has 0 radical (unpaired) electrons. The van der Waals surface area contributed by atoms with Gasteiger partial charge in [-0.2, -0.15) is 5.10 Å².